The van der Waals surface area contributed by atoms with Crippen molar-refractivity contribution >= 4 is 15.4 Å². The molecule has 0 aliphatic rings. The second-order valence-electron chi connectivity index (χ2n) is 20.4. The fourth-order valence-corrected chi connectivity index (χ4v) is 16.0. The molecule has 6 nitrogen and oxygen atoms in total. The first-order valence-electron chi connectivity index (χ1n) is 28.4. The monoisotopic (exact) mass is 919 g/mol. The molecule has 0 rings (SSSR count). The zero-order valence-corrected chi connectivity index (χ0v) is 44.6. The van der Waals surface area contributed by atoms with Gasteiger partial charge in [0.05, 0.1) is 31.8 Å². The van der Waals surface area contributed by atoms with Crippen LogP contribution in [0.15, 0.2) is 0 Å². The summed E-state index contributed by atoms with van der Waals surface area (Å²) in [5, 5.41) is 34.0. The van der Waals surface area contributed by atoms with Crippen molar-refractivity contribution in [3.63, 3.8) is 0 Å². The molecule has 0 unspecified atom stereocenters. The molecule has 63 heavy (non-hydrogen) atoms. The Bertz CT molecular complexity index is 785. The average Bonchev–Trinajstić information content (AvgIpc) is 3.30. The minimum atomic E-state index is -2.65. The molecule has 0 radical (unpaired) electrons. The third-order valence-corrected chi connectivity index (χ3v) is 20.8. The maximum atomic E-state index is 13.6. The summed E-state index contributed by atoms with van der Waals surface area (Å²) in [7, 11) is -2.65. The van der Waals surface area contributed by atoms with E-state index >= 15 is 0 Å². The second-order valence-corrected chi connectivity index (χ2v) is 26.1. The van der Waals surface area contributed by atoms with Gasteiger partial charge in [-0.05, 0) is 48.7 Å². The van der Waals surface area contributed by atoms with Crippen LogP contribution in [0.1, 0.15) is 298 Å². The molecule has 0 aromatic heterocycles. The summed E-state index contributed by atoms with van der Waals surface area (Å²) < 4.78 is 7.20. The molecule has 0 spiro atoms. The Morgan fingerprint density at radius 2 is 0.492 bits per heavy atom. The molecule has 0 aliphatic heterocycles. The Hall–Kier alpha value is -0.340. The van der Waals surface area contributed by atoms with Crippen LogP contribution >= 0.6 is 9.44 Å². The van der Waals surface area contributed by atoms with Crippen LogP contribution in [0.4, 0.5) is 0 Å². The number of hydrogen-bond donors (Lipinski definition) is 5. The summed E-state index contributed by atoms with van der Waals surface area (Å²) in [5.41, 5.74) is -1.11. The van der Waals surface area contributed by atoms with Crippen molar-refractivity contribution in [2.45, 2.75) is 298 Å². The molecule has 0 amide bonds. The standard InChI is InChI=1S/C51H106O2S.C5H12O4/c1-6-11-15-19-23-27-31-35-39-43-47-54(53-51(52)10-5,48-44-40-36-32-28-24-20-16-12-7-2,49-45-41-37-33-29-25-21-17-13-8-3)50-46-42-38-34-30-26-22-18-14-9-4;6-1-5(2-7,3-8)4-9/h54H,6-50H2,1-5H3;6-9H,1-4H2. The van der Waals surface area contributed by atoms with E-state index in [1.165, 1.54) is 280 Å². The molecule has 384 valence electrons. The molecule has 0 heterocycles. The van der Waals surface area contributed by atoms with Crippen LogP contribution in [-0.2, 0) is 8.98 Å². The van der Waals surface area contributed by atoms with Crippen LogP contribution in [0.3, 0.4) is 0 Å². The van der Waals surface area contributed by atoms with Gasteiger partial charge in [0.1, 0.15) is 0 Å². The van der Waals surface area contributed by atoms with Crippen molar-refractivity contribution in [1.29, 1.82) is 0 Å². The van der Waals surface area contributed by atoms with E-state index in [2.05, 4.69) is 34.6 Å². The van der Waals surface area contributed by atoms with Crippen LogP contribution in [0, 0.1) is 5.41 Å². The molecule has 0 saturated heterocycles. The molecule has 7 heteroatoms. The van der Waals surface area contributed by atoms with Gasteiger partial charge >= 0.3 is 5.97 Å². The van der Waals surface area contributed by atoms with E-state index in [9.17, 15) is 4.79 Å². The van der Waals surface area contributed by atoms with Crippen molar-refractivity contribution < 1.29 is 29.4 Å². The number of thiol groups is 1. The predicted octanol–water partition coefficient (Wildman–Crippen LogP) is 16.6. The lowest BCUT2D eigenvalue weighted by molar-refractivity contribution is -0.133. The molecule has 0 fully saturated rings. The molecular weight excluding hydrogens is 801 g/mol. The van der Waals surface area contributed by atoms with Gasteiger partial charge in [0.2, 0.25) is 0 Å². The lowest BCUT2D eigenvalue weighted by atomic mass is 9.93. The van der Waals surface area contributed by atoms with Crippen molar-refractivity contribution in [3.8, 4) is 0 Å². The summed E-state index contributed by atoms with van der Waals surface area (Å²) >= 11 is 0. The predicted molar refractivity (Wildman–Crippen MR) is 283 cm³/mol. The fourth-order valence-electron chi connectivity index (χ4n) is 9.50. The summed E-state index contributed by atoms with van der Waals surface area (Å²) in [4.78, 5) is 13.6. The Balaban J connectivity index is 0. The summed E-state index contributed by atoms with van der Waals surface area (Å²) in [5.74, 6) is 5.08. The number of aliphatic hydroxyl groups is 4. The van der Waals surface area contributed by atoms with E-state index in [4.69, 9.17) is 24.6 Å². The number of aliphatic hydroxyl groups excluding tert-OH is 4. The molecule has 4 N–H and O–H groups in total. The first kappa shape index (κ1) is 64.7. The smallest absolute Gasteiger partial charge is 0.314 e. The Morgan fingerprint density at radius 1 is 0.317 bits per heavy atom. The van der Waals surface area contributed by atoms with E-state index < -0.39 is 41.3 Å². The zero-order valence-electron chi connectivity index (χ0n) is 43.7. The van der Waals surface area contributed by atoms with Gasteiger partial charge < -0.3 is 24.6 Å². The normalized spacial score (nSPS) is 12.6. The van der Waals surface area contributed by atoms with Crippen molar-refractivity contribution in [3.05, 3.63) is 0 Å². The number of carbonyl (C=O) groups is 1. The van der Waals surface area contributed by atoms with Gasteiger partial charge in [-0.15, -0.1) is 0 Å². The highest BCUT2D eigenvalue weighted by atomic mass is 32.3. The van der Waals surface area contributed by atoms with Gasteiger partial charge in [-0.25, -0.2) is 0 Å². The zero-order chi connectivity index (χ0) is 46.9. The highest BCUT2D eigenvalue weighted by Gasteiger charge is 2.42. The van der Waals surface area contributed by atoms with E-state index in [1.807, 2.05) is 0 Å². The van der Waals surface area contributed by atoms with Crippen molar-refractivity contribution in [2.24, 2.45) is 5.41 Å². The maximum Gasteiger partial charge on any atom is 0.314 e. The highest BCUT2D eigenvalue weighted by molar-refractivity contribution is 8.46. The van der Waals surface area contributed by atoms with Gasteiger partial charge in [0.25, 0.3) is 0 Å². The van der Waals surface area contributed by atoms with Crippen LogP contribution in [0.2, 0.25) is 0 Å². The number of carbonyl (C=O) groups excluding carboxylic acids is 1. The fraction of sp³-hybridized carbons (Fsp3) is 0.982. The lowest BCUT2D eigenvalue weighted by Crippen LogP contribution is -2.37. The van der Waals surface area contributed by atoms with E-state index in [1.54, 1.807) is 0 Å². The van der Waals surface area contributed by atoms with E-state index in [0.717, 1.165) is 0 Å². The maximum absolute atomic E-state index is 13.6. The SMILES string of the molecule is CCCCCCCCCCCC[SH](CCCCCCCCCCCC)(CCCCCCCCCCCC)(CCCCCCCCCCCC)OC(=O)CC.OCC(CO)(CO)CO. The lowest BCUT2D eigenvalue weighted by Gasteiger charge is -2.62. The molecule has 0 aromatic carbocycles. The number of unbranched alkanes of at least 4 members (excludes halogenated alkanes) is 36. The minimum Gasteiger partial charge on any atom is -0.435 e. The highest BCUT2D eigenvalue weighted by Crippen LogP contribution is 2.72. The second kappa shape index (κ2) is 48.1. The number of hydrogen-bond acceptors (Lipinski definition) is 6. The number of rotatable bonds is 50. The van der Waals surface area contributed by atoms with E-state index in [0.29, 0.717) is 6.42 Å². The molecule has 0 atom stereocenters. The Morgan fingerprint density at radius 3 is 0.635 bits per heavy atom. The summed E-state index contributed by atoms with van der Waals surface area (Å²) in [6.07, 6.45) is 55.8. The average molecular weight is 920 g/mol. The molecule has 0 bridgehead atoms. The Labute approximate surface area is 396 Å². The van der Waals surface area contributed by atoms with Gasteiger partial charge in [0.15, 0.2) is 0 Å². The van der Waals surface area contributed by atoms with Crippen LogP contribution in [0.25, 0.3) is 0 Å². The van der Waals surface area contributed by atoms with Gasteiger partial charge in [-0.3, -0.25) is 4.79 Å². The van der Waals surface area contributed by atoms with Crippen molar-refractivity contribution in [2.75, 3.05) is 49.4 Å². The Kier molecular flexibility index (Phi) is 49.5. The topological polar surface area (TPSA) is 107 Å². The quantitative estimate of drug-likeness (QED) is 0.0307. The van der Waals surface area contributed by atoms with Gasteiger partial charge in [-0.1, -0.05) is 266 Å². The van der Waals surface area contributed by atoms with Crippen molar-refractivity contribution in [1.82, 2.24) is 0 Å². The van der Waals surface area contributed by atoms with Gasteiger partial charge in [0, 0.05) is 6.42 Å². The summed E-state index contributed by atoms with van der Waals surface area (Å²) in [6, 6.07) is 0. The van der Waals surface area contributed by atoms with E-state index in [-0.39, 0.29) is 5.97 Å². The first-order valence-corrected chi connectivity index (χ1v) is 31.3. The van der Waals surface area contributed by atoms with Crippen LogP contribution in [-0.4, -0.2) is 75.8 Å². The molecule has 0 aromatic rings. The van der Waals surface area contributed by atoms with Gasteiger partial charge in [-0.2, -0.15) is 9.44 Å². The largest absolute Gasteiger partial charge is 0.435 e. The molecule has 0 saturated carbocycles. The molecule has 0 aliphatic carbocycles. The molecular formula is C56H118O6S. The van der Waals surface area contributed by atoms with Crippen LogP contribution < -0.4 is 0 Å². The first-order chi connectivity index (χ1) is 30.8. The summed E-state index contributed by atoms with van der Waals surface area (Å²) in [6.45, 7) is 9.69. The third-order valence-electron chi connectivity index (χ3n) is 14.3. The third kappa shape index (κ3) is 38.3. The van der Waals surface area contributed by atoms with Crippen LogP contribution in [0.5, 0.6) is 0 Å². The minimum absolute atomic E-state index is 0.131.